The molecule has 126 valence electrons. The van der Waals surface area contributed by atoms with Gasteiger partial charge in [-0.15, -0.1) is 0 Å². The van der Waals surface area contributed by atoms with Crippen LogP contribution in [0.4, 0.5) is 0 Å². The topological polar surface area (TPSA) is 41.6 Å². The maximum Gasteiger partial charge on any atom is 0.237 e. The van der Waals surface area contributed by atoms with Gasteiger partial charge in [0.2, 0.25) is 5.91 Å². The van der Waals surface area contributed by atoms with Gasteiger partial charge in [-0.1, -0.05) is 23.7 Å². The van der Waals surface area contributed by atoms with Gasteiger partial charge in [0, 0.05) is 30.8 Å². The summed E-state index contributed by atoms with van der Waals surface area (Å²) < 4.78 is 5.44. The molecule has 1 atom stereocenters. The molecular weight excluding hydrogens is 312 g/mol. The molecule has 23 heavy (non-hydrogen) atoms. The van der Waals surface area contributed by atoms with E-state index in [4.69, 9.17) is 16.3 Å². The van der Waals surface area contributed by atoms with Gasteiger partial charge >= 0.3 is 0 Å². The fraction of sp³-hybridized carbons (Fsp3) is 0.611. The van der Waals surface area contributed by atoms with E-state index in [1.807, 2.05) is 24.3 Å². The summed E-state index contributed by atoms with van der Waals surface area (Å²) in [5, 5.41) is 3.86. The van der Waals surface area contributed by atoms with Crippen molar-refractivity contribution < 1.29 is 9.53 Å². The molecule has 4 nitrogen and oxygen atoms in total. The lowest BCUT2D eigenvalue weighted by molar-refractivity contribution is -0.126. The molecule has 2 saturated heterocycles. The molecule has 0 aliphatic carbocycles. The molecule has 0 saturated carbocycles. The van der Waals surface area contributed by atoms with E-state index in [2.05, 4.69) is 10.2 Å². The van der Waals surface area contributed by atoms with Crippen LogP contribution in [0.5, 0.6) is 0 Å². The van der Waals surface area contributed by atoms with E-state index >= 15 is 0 Å². The molecule has 5 heteroatoms. The fourth-order valence-corrected chi connectivity index (χ4v) is 3.75. The second-order valence-electron chi connectivity index (χ2n) is 6.41. The third-order valence-corrected chi connectivity index (χ3v) is 5.13. The zero-order valence-corrected chi connectivity index (χ0v) is 14.2. The maximum absolute atomic E-state index is 12.5. The lowest BCUT2D eigenvalue weighted by Gasteiger charge is -2.34. The van der Waals surface area contributed by atoms with E-state index in [1.165, 1.54) is 5.56 Å². The first-order valence-corrected chi connectivity index (χ1v) is 8.97. The molecule has 0 bridgehead atoms. The van der Waals surface area contributed by atoms with Crippen LogP contribution in [0.15, 0.2) is 24.3 Å². The van der Waals surface area contributed by atoms with E-state index in [1.54, 1.807) is 0 Å². The van der Waals surface area contributed by atoms with E-state index in [0.29, 0.717) is 12.6 Å². The Hall–Kier alpha value is -1.10. The number of amides is 1. The molecule has 1 N–H and O–H groups in total. The highest BCUT2D eigenvalue weighted by Crippen LogP contribution is 2.25. The van der Waals surface area contributed by atoms with Crippen molar-refractivity contribution in [3.05, 3.63) is 34.9 Å². The molecular formula is C18H25ClN2O2. The van der Waals surface area contributed by atoms with Crippen LogP contribution >= 0.6 is 11.6 Å². The van der Waals surface area contributed by atoms with Gasteiger partial charge in [0.25, 0.3) is 0 Å². The smallest absolute Gasteiger partial charge is 0.237 e. The van der Waals surface area contributed by atoms with Crippen LogP contribution in [0.3, 0.4) is 0 Å². The van der Waals surface area contributed by atoms with Crippen molar-refractivity contribution in [2.75, 3.05) is 26.3 Å². The van der Waals surface area contributed by atoms with Gasteiger partial charge < -0.3 is 10.1 Å². The van der Waals surface area contributed by atoms with E-state index < -0.39 is 0 Å². The molecule has 1 unspecified atom stereocenters. The number of benzene rings is 1. The van der Waals surface area contributed by atoms with Crippen molar-refractivity contribution in [1.29, 1.82) is 0 Å². The Bertz CT molecular complexity index is 514. The highest BCUT2D eigenvalue weighted by molar-refractivity contribution is 6.30. The number of carbonyl (C=O) groups excluding carboxylic acids is 1. The van der Waals surface area contributed by atoms with Crippen LogP contribution in [0.25, 0.3) is 0 Å². The Morgan fingerprint density at radius 2 is 1.96 bits per heavy atom. The Balaban J connectivity index is 1.47. The first-order valence-electron chi connectivity index (χ1n) is 8.59. The Morgan fingerprint density at radius 1 is 1.22 bits per heavy atom. The summed E-state index contributed by atoms with van der Waals surface area (Å²) in [5.74, 6) is 0.183. The van der Waals surface area contributed by atoms with Crippen LogP contribution in [0, 0.1) is 0 Å². The molecule has 2 aliphatic rings. The predicted octanol–water partition coefficient (Wildman–Crippen LogP) is 2.64. The zero-order chi connectivity index (χ0) is 16.1. The number of likely N-dealkylation sites (tertiary alicyclic amines) is 1. The van der Waals surface area contributed by atoms with Crippen LogP contribution in [-0.2, 0) is 16.0 Å². The number of rotatable bonds is 5. The molecule has 2 fully saturated rings. The van der Waals surface area contributed by atoms with Gasteiger partial charge in [-0.3, -0.25) is 9.69 Å². The monoisotopic (exact) mass is 336 g/mol. The number of ether oxygens (including phenoxy) is 1. The number of hydrogen-bond acceptors (Lipinski definition) is 3. The molecule has 0 spiro atoms. The molecule has 0 radical (unpaired) electrons. The molecule has 2 aliphatic heterocycles. The van der Waals surface area contributed by atoms with Gasteiger partial charge in [-0.25, -0.2) is 0 Å². The molecule has 2 heterocycles. The number of hydrogen-bond donors (Lipinski definition) is 1. The SMILES string of the molecule is O=C(NCCc1ccc(Cl)cc1)C1CCCN1C1CCOCC1. The van der Waals surface area contributed by atoms with Gasteiger partial charge in [-0.05, 0) is 56.3 Å². The minimum atomic E-state index is 0.0447. The normalized spacial score (nSPS) is 23.1. The van der Waals surface area contributed by atoms with E-state index in [9.17, 15) is 4.79 Å². The summed E-state index contributed by atoms with van der Waals surface area (Å²) >= 11 is 5.89. The van der Waals surface area contributed by atoms with Gasteiger partial charge in [-0.2, -0.15) is 0 Å². The van der Waals surface area contributed by atoms with E-state index in [0.717, 1.165) is 56.9 Å². The van der Waals surface area contributed by atoms with Crippen LogP contribution in [0.2, 0.25) is 5.02 Å². The molecule has 1 aromatic carbocycles. The lowest BCUT2D eigenvalue weighted by atomic mass is 10.1. The van der Waals surface area contributed by atoms with Crippen molar-refractivity contribution in [2.24, 2.45) is 0 Å². The number of nitrogens with one attached hydrogen (secondary N) is 1. The van der Waals surface area contributed by atoms with Gasteiger partial charge in [0.05, 0.1) is 6.04 Å². The van der Waals surface area contributed by atoms with Crippen molar-refractivity contribution >= 4 is 17.5 Å². The minimum absolute atomic E-state index is 0.0447. The Labute approximate surface area is 143 Å². The van der Waals surface area contributed by atoms with Crippen LogP contribution in [0.1, 0.15) is 31.2 Å². The van der Waals surface area contributed by atoms with Gasteiger partial charge in [0.1, 0.15) is 0 Å². The van der Waals surface area contributed by atoms with Gasteiger partial charge in [0.15, 0.2) is 0 Å². The molecule has 3 rings (SSSR count). The standard InChI is InChI=1S/C18H25ClN2O2/c19-15-5-3-14(4-6-15)7-10-20-18(22)17-2-1-11-21(17)16-8-12-23-13-9-16/h3-6,16-17H,1-2,7-13H2,(H,20,22). The summed E-state index contributed by atoms with van der Waals surface area (Å²) in [5.41, 5.74) is 1.20. The molecule has 1 aromatic rings. The highest BCUT2D eigenvalue weighted by Gasteiger charge is 2.35. The number of carbonyl (C=O) groups is 1. The highest BCUT2D eigenvalue weighted by atomic mass is 35.5. The van der Waals surface area contributed by atoms with Crippen molar-refractivity contribution in [1.82, 2.24) is 10.2 Å². The predicted molar refractivity (Wildman–Crippen MR) is 91.7 cm³/mol. The third kappa shape index (κ3) is 4.46. The van der Waals surface area contributed by atoms with Crippen LogP contribution in [-0.4, -0.2) is 49.2 Å². The molecule has 1 amide bonds. The second kappa shape index (κ2) is 8.13. The van der Waals surface area contributed by atoms with E-state index in [-0.39, 0.29) is 11.9 Å². The van der Waals surface area contributed by atoms with Crippen LogP contribution < -0.4 is 5.32 Å². The summed E-state index contributed by atoms with van der Waals surface area (Å²) in [6, 6.07) is 8.36. The first-order chi connectivity index (χ1) is 11.2. The number of halogens is 1. The van der Waals surface area contributed by atoms with Crippen molar-refractivity contribution in [3.8, 4) is 0 Å². The first kappa shape index (κ1) is 16.7. The summed E-state index contributed by atoms with van der Waals surface area (Å²) in [4.78, 5) is 14.9. The largest absolute Gasteiger partial charge is 0.381 e. The Morgan fingerprint density at radius 3 is 2.70 bits per heavy atom. The minimum Gasteiger partial charge on any atom is -0.381 e. The fourth-order valence-electron chi connectivity index (χ4n) is 3.62. The average Bonchev–Trinajstić information content (AvgIpc) is 3.07. The number of nitrogens with zero attached hydrogens (tertiary/aromatic N) is 1. The second-order valence-corrected chi connectivity index (χ2v) is 6.84. The van der Waals surface area contributed by atoms with Crippen molar-refractivity contribution in [3.63, 3.8) is 0 Å². The average molecular weight is 337 g/mol. The Kier molecular flexibility index (Phi) is 5.92. The summed E-state index contributed by atoms with van der Waals surface area (Å²) in [7, 11) is 0. The zero-order valence-electron chi connectivity index (χ0n) is 13.5. The maximum atomic E-state index is 12.5. The molecule has 0 aromatic heterocycles. The third-order valence-electron chi connectivity index (χ3n) is 4.88. The quantitative estimate of drug-likeness (QED) is 0.898. The van der Waals surface area contributed by atoms with Crippen molar-refractivity contribution in [2.45, 2.75) is 44.2 Å². The summed E-state index contributed by atoms with van der Waals surface area (Å²) in [6.07, 6.45) is 5.03. The lowest BCUT2D eigenvalue weighted by Crippen LogP contribution is -2.49. The summed E-state index contributed by atoms with van der Waals surface area (Å²) in [6.45, 7) is 3.37.